The van der Waals surface area contributed by atoms with Crippen molar-refractivity contribution in [3.05, 3.63) is 0 Å². The van der Waals surface area contributed by atoms with Gasteiger partial charge in [0.15, 0.2) is 0 Å². The SMILES string of the molecule is CC[C@H](C)CC(=O)OC(N)=O. The summed E-state index contributed by atoms with van der Waals surface area (Å²) in [5, 5.41) is 0. The van der Waals surface area contributed by atoms with Gasteiger partial charge in [-0.2, -0.15) is 0 Å². The first-order chi connectivity index (χ1) is 5.06. The number of rotatable bonds is 3. The molecule has 4 nitrogen and oxygen atoms in total. The first-order valence-corrected chi connectivity index (χ1v) is 3.56. The molecule has 0 spiro atoms. The van der Waals surface area contributed by atoms with Crippen LogP contribution in [0.25, 0.3) is 0 Å². The molecule has 0 aliphatic heterocycles. The molecule has 0 unspecified atom stereocenters. The van der Waals surface area contributed by atoms with Crippen LogP contribution in [0.3, 0.4) is 0 Å². The monoisotopic (exact) mass is 159 g/mol. The molecule has 0 aromatic carbocycles. The van der Waals surface area contributed by atoms with Gasteiger partial charge < -0.3 is 10.5 Å². The van der Waals surface area contributed by atoms with Crippen molar-refractivity contribution < 1.29 is 14.3 Å². The average Bonchev–Trinajstić information content (AvgIpc) is 1.85. The van der Waals surface area contributed by atoms with Crippen LogP contribution in [0.2, 0.25) is 0 Å². The van der Waals surface area contributed by atoms with Gasteiger partial charge in [-0.15, -0.1) is 0 Å². The summed E-state index contributed by atoms with van der Waals surface area (Å²) in [5.41, 5.74) is 4.63. The lowest BCUT2D eigenvalue weighted by Crippen LogP contribution is -2.19. The van der Waals surface area contributed by atoms with Gasteiger partial charge in [0.2, 0.25) is 0 Å². The highest BCUT2D eigenvalue weighted by Crippen LogP contribution is 2.06. The van der Waals surface area contributed by atoms with E-state index in [1.165, 1.54) is 0 Å². The predicted octanol–water partition coefficient (Wildman–Crippen LogP) is 1.04. The van der Waals surface area contributed by atoms with Crippen LogP contribution in [0.1, 0.15) is 26.7 Å². The van der Waals surface area contributed by atoms with Crippen LogP contribution in [0.4, 0.5) is 4.79 Å². The molecule has 1 amide bonds. The molecule has 0 fully saturated rings. The Kier molecular flexibility index (Phi) is 4.26. The highest BCUT2D eigenvalue weighted by atomic mass is 16.6. The predicted molar refractivity (Wildman–Crippen MR) is 39.7 cm³/mol. The van der Waals surface area contributed by atoms with E-state index in [4.69, 9.17) is 0 Å². The molecule has 4 heteroatoms. The highest BCUT2D eigenvalue weighted by molar-refractivity contribution is 5.83. The Morgan fingerprint density at radius 2 is 2.09 bits per heavy atom. The molecule has 0 rings (SSSR count). The average molecular weight is 159 g/mol. The summed E-state index contributed by atoms with van der Waals surface area (Å²) in [4.78, 5) is 20.8. The lowest BCUT2D eigenvalue weighted by Gasteiger charge is -2.04. The van der Waals surface area contributed by atoms with Crippen molar-refractivity contribution in [2.75, 3.05) is 0 Å². The third kappa shape index (κ3) is 5.39. The van der Waals surface area contributed by atoms with Gasteiger partial charge >= 0.3 is 12.1 Å². The second-order valence-electron chi connectivity index (χ2n) is 2.51. The zero-order chi connectivity index (χ0) is 8.85. The van der Waals surface area contributed by atoms with E-state index in [1.807, 2.05) is 13.8 Å². The second kappa shape index (κ2) is 4.71. The molecule has 0 saturated heterocycles. The third-order valence-corrected chi connectivity index (χ3v) is 1.43. The Morgan fingerprint density at radius 3 is 2.45 bits per heavy atom. The smallest absolute Gasteiger partial charge is 0.376 e. The van der Waals surface area contributed by atoms with Crippen molar-refractivity contribution in [2.24, 2.45) is 11.7 Å². The van der Waals surface area contributed by atoms with E-state index in [0.29, 0.717) is 0 Å². The number of ether oxygens (including phenoxy) is 1. The number of hydrogen-bond donors (Lipinski definition) is 1. The summed E-state index contributed by atoms with van der Waals surface area (Å²) in [7, 11) is 0. The molecular formula is C7H13NO3. The lowest BCUT2D eigenvalue weighted by atomic mass is 10.1. The van der Waals surface area contributed by atoms with Crippen LogP contribution in [-0.4, -0.2) is 12.1 Å². The Bertz CT molecular complexity index is 156. The van der Waals surface area contributed by atoms with E-state index >= 15 is 0 Å². The van der Waals surface area contributed by atoms with Crippen LogP contribution < -0.4 is 5.73 Å². The minimum absolute atomic E-state index is 0.238. The topological polar surface area (TPSA) is 69.4 Å². The van der Waals surface area contributed by atoms with Gasteiger partial charge in [-0.05, 0) is 5.92 Å². The van der Waals surface area contributed by atoms with Gasteiger partial charge in [0.1, 0.15) is 0 Å². The van der Waals surface area contributed by atoms with Gasteiger partial charge in [-0.3, -0.25) is 4.79 Å². The standard InChI is InChI=1S/C7H13NO3/c1-3-5(2)4-6(9)11-7(8)10/h5H,3-4H2,1-2H3,(H2,8,10)/t5-/m0/s1. The minimum atomic E-state index is -1.03. The van der Waals surface area contributed by atoms with E-state index in [9.17, 15) is 9.59 Å². The Balaban J connectivity index is 3.60. The molecule has 1 atom stereocenters. The van der Waals surface area contributed by atoms with Gasteiger partial charge in [0.05, 0.1) is 0 Å². The summed E-state index contributed by atoms with van der Waals surface area (Å²) >= 11 is 0. The van der Waals surface area contributed by atoms with E-state index in [2.05, 4.69) is 10.5 Å². The molecule has 0 aromatic heterocycles. The zero-order valence-electron chi connectivity index (χ0n) is 6.79. The zero-order valence-corrected chi connectivity index (χ0v) is 6.79. The molecule has 0 radical (unpaired) electrons. The number of amides is 1. The number of primary amides is 1. The quantitative estimate of drug-likeness (QED) is 0.494. The van der Waals surface area contributed by atoms with E-state index in [0.717, 1.165) is 6.42 Å². The van der Waals surface area contributed by atoms with Crippen molar-refractivity contribution in [3.8, 4) is 0 Å². The highest BCUT2D eigenvalue weighted by Gasteiger charge is 2.10. The maximum atomic E-state index is 10.7. The molecule has 11 heavy (non-hydrogen) atoms. The van der Waals surface area contributed by atoms with Crippen molar-refractivity contribution in [2.45, 2.75) is 26.7 Å². The molecule has 0 aliphatic carbocycles. The second-order valence-corrected chi connectivity index (χ2v) is 2.51. The minimum Gasteiger partial charge on any atom is -0.376 e. The van der Waals surface area contributed by atoms with Gasteiger partial charge in [0, 0.05) is 6.42 Å². The number of hydrogen-bond acceptors (Lipinski definition) is 3. The van der Waals surface area contributed by atoms with Crippen molar-refractivity contribution in [1.29, 1.82) is 0 Å². The Labute approximate surface area is 65.7 Å². The molecule has 0 heterocycles. The molecule has 0 saturated carbocycles. The normalized spacial score (nSPS) is 12.2. The molecule has 0 aliphatic rings. The first-order valence-electron chi connectivity index (χ1n) is 3.56. The summed E-state index contributed by atoms with van der Waals surface area (Å²) < 4.78 is 4.12. The summed E-state index contributed by atoms with van der Waals surface area (Å²) in [6, 6.07) is 0. The largest absolute Gasteiger partial charge is 0.412 e. The number of carbonyl (C=O) groups excluding carboxylic acids is 2. The summed E-state index contributed by atoms with van der Waals surface area (Å²) in [6.07, 6.45) is 0.103. The van der Waals surface area contributed by atoms with Crippen molar-refractivity contribution in [3.63, 3.8) is 0 Å². The number of nitrogens with two attached hydrogens (primary N) is 1. The fraction of sp³-hybridized carbons (Fsp3) is 0.714. The van der Waals surface area contributed by atoms with Gasteiger partial charge in [-0.1, -0.05) is 20.3 Å². The summed E-state index contributed by atoms with van der Waals surface area (Å²) in [6.45, 7) is 3.87. The Hall–Kier alpha value is -1.06. The van der Waals surface area contributed by atoms with Gasteiger partial charge in [-0.25, -0.2) is 4.79 Å². The molecule has 64 valence electrons. The lowest BCUT2D eigenvalue weighted by molar-refractivity contribution is -0.138. The van der Waals surface area contributed by atoms with Crippen LogP contribution in [0.15, 0.2) is 0 Å². The fourth-order valence-electron chi connectivity index (χ4n) is 0.583. The van der Waals surface area contributed by atoms with Crippen LogP contribution in [-0.2, 0) is 9.53 Å². The molecule has 0 aromatic rings. The number of esters is 1. The van der Waals surface area contributed by atoms with E-state index in [-0.39, 0.29) is 12.3 Å². The van der Waals surface area contributed by atoms with Gasteiger partial charge in [0.25, 0.3) is 0 Å². The fourth-order valence-corrected chi connectivity index (χ4v) is 0.583. The first kappa shape index (κ1) is 9.94. The maximum absolute atomic E-state index is 10.7. The maximum Gasteiger partial charge on any atom is 0.412 e. The molecule has 2 N–H and O–H groups in total. The van der Waals surface area contributed by atoms with E-state index < -0.39 is 12.1 Å². The molecule has 0 bridgehead atoms. The summed E-state index contributed by atoms with van der Waals surface area (Å²) in [5.74, 6) is -0.311. The van der Waals surface area contributed by atoms with E-state index in [1.54, 1.807) is 0 Å². The number of carbonyl (C=O) groups is 2. The van der Waals surface area contributed by atoms with Crippen LogP contribution >= 0.6 is 0 Å². The Morgan fingerprint density at radius 1 is 1.55 bits per heavy atom. The third-order valence-electron chi connectivity index (χ3n) is 1.43. The molecular weight excluding hydrogens is 146 g/mol. The van der Waals surface area contributed by atoms with Crippen LogP contribution in [0, 0.1) is 5.92 Å². The van der Waals surface area contributed by atoms with Crippen LogP contribution in [0.5, 0.6) is 0 Å². The van der Waals surface area contributed by atoms with Crippen molar-refractivity contribution >= 4 is 12.1 Å². The van der Waals surface area contributed by atoms with Crippen molar-refractivity contribution in [1.82, 2.24) is 0 Å².